The minimum atomic E-state index is -4.58. The lowest BCUT2D eigenvalue weighted by molar-refractivity contribution is -0.138. The van der Waals surface area contributed by atoms with Crippen LogP contribution in [0, 0.1) is 5.92 Å². The molecule has 6 heterocycles. The first-order chi connectivity index (χ1) is 27.3. The van der Waals surface area contributed by atoms with E-state index in [2.05, 4.69) is 57.1 Å². The van der Waals surface area contributed by atoms with Crippen LogP contribution in [0.4, 0.5) is 24.8 Å². The van der Waals surface area contributed by atoms with E-state index in [1.54, 1.807) is 7.05 Å². The van der Waals surface area contributed by atoms with Crippen molar-refractivity contribution in [3.05, 3.63) is 53.5 Å². The summed E-state index contributed by atoms with van der Waals surface area (Å²) in [5.74, 6) is 0.309. The Kier molecular flexibility index (Phi) is 14.1. The molecule has 0 radical (unpaired) electrons. The van der Waals surface area contributed by atoms with E-state index in [9.17, 15) is 27.6 Å². The first kappa shape index (κ1) is 43.5. The quantitative estimate of drug-likeness (QED) is 0.145. The van der Waals surface area contributed by atoms with Crippen LogP contribution in [0.25, 0.3) is 11.3 Å². The van der Waals surface area contributed by atoms with Crippen molar-refractivity contribution in [1.29, 1.82) is 0 Å². The second-order valence-corrected chi connectivity index (χ2v) is 17.0. The van der Waals surface area contributed by atoms with E-state index in [4.69, 9.17) is 0 Å². The number of imide groups is 1. The number of piperazine rings is 1. The van der Waals surface area contributed by atoms with Crippen LogP contribution in [-0.4, -0.2) is 134 Å². The maximum Gasteiger partial charge on any atom is 0.419 e. The lowest BCUT2D eigenvalue weighted by Crippen LogP contribution is -2.51. The Hall–Kier alpha value is -4.10. The van der Waals surface area contributed by atoms with Gasteiger partial charge in [0.1, 0.15) is 11.8 Å². The van der Waals surface area contributed by atoms with Crippen LogP contribution in [0.15, 0.2) is 36.8 Å². The Balaban J connectivity index is 0.00000567. The number of carbonyl (C=O) groups is 3. The number of nitrogens with zero attached hydrogens (tertiary/aromatic N) is 9. The van der Waals surface area contributed by atoms with Gasteiger partial charge in [0, 0.05) is 126 Å². The number of piperidine rings is 3. The highest BCUT2D eigenvalue weighted by Crippen LogP contribution is 2.37. The van der Waals surface area contributed by atoms with Crippen molar-refractivity contribution in [1.82, 2.24) is 43.5 Å². The van der Waals surface area contributed by atoms with Crippen molar-refractivity contribution in [3.8, 4) is 11.3 Å². The Morgan fingerprint density at radius 3 is 2.45 bits per heavy atom. The molecule has 3 unspecified atom stereocenters. The molecule has 0 spiro atoms. The largest absolute Gasteiger partial charge is 0.419 e. The monoisotopic (exact) mass is 827 g/mol. The first-order valence-electron chi connectivity index (χ1n) is 19.8. The highest BCUT2D eigenvalue weighted by molar-refractivity contribution is 7.94. The first-order valence-corrected chi connectivity index (χ1v) is 20.5. The predicted octanol–water partition coefficient (Wildman–Crippen LogP) is 4.94. The summed E-state index contributed by atoms with van der Waals surface area (Å²) in [4.78, 5) is 51.1. The summed E-state index contributed by atoms with van der Waals surface area (Å²) in [6, 6.07) is 5.86. The standard InChI is InChI=1S/C39H52F3N11O3S.CH4/c1-26-18-31(45-38-43-21-33(39(40,41)42)36(47-38)30-20-44-49(3)24-30)10-13-53(26)57-52-11-8-27(9-12-52)22-50-14-16-51(17-15-50)32-5-4-28(25-54)29(19-32)23-48(2)34-6-7-35(55)46-37(34)56;/h4-5,19-21,24-27,31,34H,6-18,22-23H2,1-3H3,(H,43,45,47)(H,46,55,56);1H4. The molecule has 316 valence electrons. The number of anilines is 2. The lowest BCUT2D eigenvalue weighted by atomic mass is 9.97. The van der Waals surface area contributed by atoms with Crippen LogP contribution in [0.5, 0.6) is 0 Å². The molecule has 2 amide bonds. The molecular weight excluding hydrogens is 772 g/mol. The third kappa shape index (κ3) is 10.5. The molecule has 0 aliphatic carbocycles. The van der Waals surface area contributed by atoms with Gasteiger partial charge in [0.2, 0.25) is 17.8 Å². The fourth-order valence-electron chi connectivity index (χ4n) is 8.41. The van der Waals surface area contributed by atoms with E-state index >= 15 is 0 Å². The minimum absolute atomic E-state index is 0. The molecule has 14 nitrogen and oxygen atoms in total. The summed E-state index contributed by atoms with van der Waals surface area (Å²) >= 11 is 1.82. The van der Waals surface area contributed by atoms with E-state index in [1.807, 2.05) is 36.2 Å². The van der Waals surface area contributed by atoms with E-state index in [0.717, 1.165) is 102 Å². The number of rotatable bonds is 12. The fourth-order valence-corrected chi connectivity index (χ4v) is 9.51. The number of amides is 2. The molecule has 1 aromatic carbocycles. The molecule has 3 atom stereocenters. The van der Waals surface area contributed by atoms with E-state index in [0.29, 0.717) is 36.4 Å². The summed E-state index contributed by atoms with van der Waals surface area (Å²) in [7, 11) is 3.51. The SMILES string of the molecule is C.CC1CC(Nc2ncc(C(F)(F)F)c(-c3cnn(C)c3)n2)CCN1SN1CCC(CN2CCN(c3ccc(C=O)c(CN(C)C4CCC(=O)NC4=O)c3)CC2)CC1. The molecule has 4 saturated heterocycles. The average Bonchev–Trinajstić information content (AvgIpc) is 3.62. The van der Waals surface area contributed by atoms with Gasteiger partial charge in [0.05, 0.1) is 17.9 Å². The Labute approximate surface area is 343 Å². The van der Waals surface area contributed by atoms with Crippen LogP contribution in [0.3, 0.4) is 0 Å². The molecule has 2 N–H and O–H groups in total. The zero-order chi connectivity index (χ0) is 40.3. The van der Waals surface area contributed by atoms with Crippen LogP contribution in [-0.2, 0) is 29.4 Å². The highest BCUT2D eigenvalue weighted by atomic mass is 32.2. The van der Waals surface area contributed by atoms with Gasteiger partial charge in [-0.3, -0.25) is 34.2 Å². The van der Waals surface area contributed by atoms with Gasteiger partial charge < -0.3 is 10.2 Å². The molecule has 58 heavy (non-hydrogen) atoms. The normalized spacial score (nSPS) is 23.2. The topological polar surface area (TPSA) is 135 Å². The fraction of sp³-hybridized carbons (Fsp3) is 0.600. The number of carbonyl (C=O) groups excluding carboxylic acids is 3. The maximum absolute atomic E-state index is 13.8. The van der Waals surface area contributed by atoms with Crippen molar-refractivity contribution < 1.29 is 27.6 Å². The van der Waals surface area contributed by atoms with Gasteiger partial charge in [-0.1, -0.05) is 7.43 Å². The Morgan fingerprint density at radius 1 is 1.03 bits per heavy atom. The second-order valence-electron chi connectivity index (χ2n) is 15.8. The predicted molar refractivity (Wildman–Crippen MR) is 219 cm³/mol. The summed E-state index contributed by atoms with van der Waals surface area (Å²) in [6.07, 6.45) is 4.77. The van der Waals surface area contributed by atoms with Crippen molar-refractivity contribution >= 4 is 41.9 Å². The van der Waals surface area contributed by atoms with E-state index in [1.165, 1.54) is 17.1 Å². The number of halogens is 3. The summed E-state index contributed by atoms with van der Waals surface area (Å²) in [6.45, 7) is 10.4. The molecule has 4 aliphatic rings. The van der Waals surface area contributed by atoms with E-state index < -0.39 is 17.8 Å². The number of likely N-dealkylation sites (N-methyl/N-ethyl adjacent to an activating group) is 1. The van der Waals surface area contributed by atoms with Crippen LogP contribution >= 0.6 is 12.1 Å². The summed E-state index contributed by atoms with van der Waals surface area (Å²) < 4.78 is 47.6. The maximum atomic E-state index is 13.8. The summed E-state index contributed by atoms with van der Waals surface area (Å²) in [5, 5.41) is 9.75. The van der Waals surface area contributed by atoms with Gasteiger partial charge in [-0.25, -0.2) is 18.6 Å². The smallest absolute Gasteiger partial charge is 0.369 e. The molecular formula is C40H56F3N11O3S. The highest BCUT2D eigenvalue weighted by Gasteiger charge is 2.37. The Bertz CT molecular complexity index is 1900. The lowest BCUT2D eigenvalue weighted by Gasteiger charge is -2.42. The molecule has 2 aromatic heterocycles. The van der Waals surface area contributed by atoms with Crippen molar-refractivity contribution in [2.45, 2.75) is 83.7 Å². The zero-order valence-corrected chi connectivity index (χ0v) is 33.6. The van der Waals surface area contributed by atoms with Crippen molar-refractivity contribution in [2.24, 2.45) is 13.0 Å². The zero-order valence-electron chi connectivity index (χ0n) is 32.7. The average molecular weight is 828 g/mol. The second kappa shape index (κ2) is 18.9. The minimum Gasteiger partial charge on any atom is -0.369 e. The molecule has 18 heteroatoms. The number of hydrogen-bond donors (Lipinski definition) is 2. The molecule has 7 rings (SSSR count). The Morgan fingerprint density at radius 2 is 1.79 bits per heavy atom. The molecule has 0 saturated carbocycles. The molecule has 4 aliphatic heterocycles. The van der Waals surface area contributed by atoms with Gasteiger partial charge in [0.15, 0.2) is 0 Å². The van der Waals surface area contributed by atoms with Gasteiger partial charge in [-0.05, 0) is 75.8 Å². The van der Waals surface area contributed by atoms with E-state index in [-0.39, 0.29) is 43.0 Å². The molecule has 3 aromatic rings. The van der Waals surface area contributed by atoms with Gasteiger partial charge in [0.25, 0.3) is 0 Å². The summed E-state index contributed by atoms with van der Waals surface area (Å²) in [5.41, 5.74) is 1.81. The third-order valence-corrected chi connectivity index (χ3v) is 13.0. The number of nitrogens with one attached hydrogen (secondary N) is 2. The van der Waals surface area contributed by atoms with Crippen LogP contribution in [0.2, 0.25) is 0 Å². The molecule has 4 fully saturated rings. The van der Waals surface area contributed by atoms with Crippen LogP contribution in [0.1, 0.15) is 74.4 Å². The number of aromatic nitrogens is 4. The number of aldehydes is 1. The van der Waals surface area contributed by atoms with Crippen LogP contribution < -0.4 is 15.5 Å². The van der Waals surface area contributed by atoms with Gasteiger partial charge in [-0.15, -0.1) is 0 Å². The number of benzene rings is 1. The van der Waals surface area contributed by atoms with Gasteiger partial charge >= 0.3 is 6.18 Å². The van der Waals surface area contributed by atoms with Gasteiger partial charge in [-0.2, -0.15) is 18.3 Å². The molecule has 0 bridgehead atoms. The number of aryl methyl sites for hydroxylation is 1. The van der Waals surface area contributed by atoms with Crippen molar-refractivity contribution in [2.75, 3.05) is 69.6 Å². The van der Waals surface area contributed by atoms with Crippen molar-refractivity contribution in [3.63, 3.8) is 0 Å². The third-order valence-electron chi connectivity index (χ3n) is 11.7. The number of hydrogen-bond acceptors (Lipinski definition) is 13. The number of alkyl halides is 3.